The van der Waals surface area contributed by atoms with Crippen molar-refractivity contribution in [3.63, 3.8) is 0 Å². The third-order valence-electron chi connectivity index (χ3n) is 1.02. The first-order valence-electron chi connectivity index (χ1n) is 2.72. The second kappa shape index (κ2) is 3.37. The van der Waals surface area contributed by atoms with Crippen LogP contribution in [0.4, 0.5) is 0 Å². The van der Waals surface area contributed by atoms with Gasteiger partial charge in [-0.05, 0) is 15.0 Å². The van der Waals surface area contributed by atoms with Gasteiger partial charge in [-0.25, -0.2) is 0 Å². The Morgan fingerprint density at radius 3 is 2.44 bits per heavy atom. The zero-order valence-corrected chi connectivity index (χ0v) is 6.14. The number of hydrogen-bond acceptors (Lipinski definition) is 1. The van der Waals surface area contributed by atoms with Crippen molar-refractivity contribution in [2.45, 2.75) is 0 Å². The molecule has 0 aromatic heterocycles. The Hall–Kier alpha value is -0.680. The molecular formula is C7H8NP. The van der Waals surface area contributed by atoms with Crippen LogP contribution in [0.15, 0.2) is 35.1 Å². The molecule has 2 heteroatoms. The predicted octanol–water partition coefficient (Wildman–Crippen LogP) is 1.90. The molecule has 1 unspecified atom stereocenters. The maximum Gasteiger partial charge on any atom is 0.0322 e. The zero-order chi connectivity index (χ0) is 6.53. The van der Waals surface area contributed by atoms with Gasteiger partial charge >= 0.3 is 0 Å². The van der Waals surface area contributed by atoms with Crippen molar-refractivity contribution in [3.8, 4) is 0 Å². The Kier molecular flexibility index (Phi) is 2.41. The first-order valence-corrected chi connectivity index (χ1v) is 3.23. The lowest BCUT2D eigenvalue weighted by Crippen LogP contribution is -1.74. The smallest absolute Gasteiger partial charge is 0.0322 e. The third-order valence-corrected chi connectivity index (χ3v) is 1.17. The van der Waals surface area contributed by atoms with Gasteiger partial charge in [-0.3, -0.25) is 4.76 Å². The molecule has 46 valence electrons. The van der Waals surface area contributed by atoms with Crippen LogP contribution in [0.1, 0.15) is 5.56 Å². The molecular weight excluding hydrogens is 129 g/mol. The second-order valence-electron chi connectivity index (χ2n) is 1.69. The van der Waals surface area contributed by atoms with E-state index in [1.54, 1.807) is 6.21 Å². The molecule has 0 heterocycles. The normalized spacial score (nSPS) is 10.3. The molecule has 0 saturated heterocycles. The molecule has 0 aliphatic carbocycles. The lowest BCUT2D eigenvalue weighted by atomic mass is 10.2. The Morgan fingerprint density at radius 1 is 1.22 bits per heavy atom. The predicted molar refractivity (Wildman–Crippen MR) is 43.7 cm³/mol. The summed E-state index contributed by atoms with van der Waals surface area (Å²) in [5.74, 6) is 0. The van der Waals surface area contributed by atoms with E-state index in [0.29, 0.717) is 0 Å². The highest BCUT2D eigenvalue weighted by molar-refractivity contribution is 7.15. The SMILES string of the molecule is P/N=C/c1ccccc1. The fraction of sp³-hybridized carbons (Fsp3) is 0. The number of hydrogen-bond donors (Lipinski definition) is 0. The standard InChI is InChI=1S/C7H8NP/c9-8-6-7-4-2-1-3-5-7/h1-6H,9H2/b8-6+. The van der Waals surface area contributed by atoms with E-state index in [2.05, 4.69) is 14.2 Å². The van der Waals surface area contributed by atoms with Gasteiger partial charge in [-0.1, -0.05) is 30.3 Å². The van der Waals surface area contributed by atoms with E-state index in [0.717, 1.165) is 5.56 Å². The Morgan fingerprint density at radius 2 is 1.89 bits per heavy atom. The van der Waals surface area contributed by atoms with Crippen LogP contribution in [0.25, 0.3) is 0 Å². The van der Waals surface area contributed by atoms with E-state index < -0.39 is 0 Å². The van der Waals surface area contributed by atoms with Gasteiger partial charge < -0.3 is 0 Å². The van der Waals surface area contributed by atoms with E-state index in [4.69, 9.17) is 0 Å². The van der Waals surface area contributed by atoms with Crippen molar-refractivity contribution in [3.05, 3.63) is 35.9 Å². The molecule has 0 aliphatic heterocycles. The van der Waals surface area contributed by atoms with Crippen molar-refractivity contribution in [1.29, 1.82) is 0 Å². The minimum absolute atomic E-state index is 1.13. The molecule has 0 N–H and O–H groups in total. The molecule has 1 aromatic rings. The van der Waals surface area contributed by atoms with Gasteiger partial charge in [-0.2, -0.15) is 0 Å². The molecule has 0 radical (unpaired) electrons. The van der Waals surface area contributed by atoms with Crippen LogP contribution >= 0.6 is 9.39 Å². The summed E-state index contributed by atoms with van der Waals surface area (Å²) in [6, 6.07) is 9.98. The first kappa shape index (κ1) is 6.44. The van der Waals surface area contributed by atoms with E-state index >= 15 is 0 Å². The summed E-state index contributed by atoms with van der Waals surface area (Å²) in [6.07, 6.45) is 1.80. The molecule has 0 aliphatic rings. The highest BCUT2D eigenvalue weighted by Crippen LogP contribution is 1.94. The molecule has 1 atom stereocenters. The van der Waals surface area contributed by atoms with Gasteiger partial charge in [0.25, 0.3) is 0 Å². The van der Waals surface area contributed by atoms with Crippen LogP contribution in [0.5, 0.6) is 0 Å². The highest BCUT2D eigenvalue weighted by Gasteiger charge is 1.78. The fourth-order valence-electron chi connectivity index (χ4n) is 0.625. The van der Waals surface area contributed by atoms with Crippen molar-refractivity contribution in [2.75, 3.05) is 0 Å². The van der Waals surface area contributed by atoms with Crippen LogP contribution < -0.4 is 0 Å². The summed E-state index contributed by atoms with van der Waals surface area (Å²) >= 11 is 0. The minimum Gasteiger partial charge on any atom is -0.276 e. The van der Waals surface area contributed by atoms with Crippen molar-refractivity contribution in [1.82, 2.24) is 0 Å². The average molecular weight is 137 g/mol. The molecule has 1 rings (SSSR count). The summed E-state index contributed by atoms with van der Waals surface area (Å²) < 4.78 is 3.80. The van der Waals surface area contributed by atoms with Gasteiger partial charge in [0.05, 0.1) is 0 Å². The van der Waals surface area contributed by atoms with Crippen LogP contribution in [-0.4, -0.2) is 6.21 Å². The lowest BCUT2D eigenvalue weighted by molar-refractivity contribution is 1.67. The van der Waals surface area contributed by atoms with Crippen molar-refractivity contribution >= 4 is 15.6 Å². The zero-order valence-electron chi connectivity index (χ0n) is 4.99. The third kappa shape index (κ3) is 1.95. The Bertz CT molecular complexity index is 193. The Labute approximate surface area is 57.1 Å². The van der Waals surface area contributed by atoms with Gasteiger partial charge in [0, 0.05) is 6.21 Å². The van der Waals surface area contributed by atoms with E-state index in [9.17, 15) is 0 Å². The fourth-order valence-corrected chi connectivity index (χ4v) is 0.797. The molecule has 0 fully saturated rings. The van der Waals surface area contributed by atoms with E-state index in [1.165, 1.54) is 0 Å². The molecule has 0 saturated carbocycles. The van der Waals surface area contributed by atoms with Crippen molar-refractivity contribution in [2.24, 2.45) is 4.76 Å². The number of nitrogens with zero attached hydrogens (tertiary/aromatic N) is 1. The molecule has 0 amide bonds. The van der Waals surface area contributed by atoms with Gasteiger partial charge in [0.1, 0.15) is 0 Å². The second-order valence-corrected chi connectivity index (χ2v) is 1.99. The molecule has 1 aromatic carbocycles. The van der Waals surface area contributed by atoms with E-state index in [1.807, 2.05) is 30.3 Å². The van der Waals surface area contributed by atoms with Crippen LogP contribution in [0, 0.1) is 0 Å². The molecule has 0 bridgehead atoms. The summed E-state index contributed by atoms with van der Waals surface area (Å²) in [4.78, 5) is 0. The monoisotopic (exact) mass is 137 g/mol. The molecule has 0 spiro atoms. The summed E-state index contributed by atoms with van der Waals surface area (Å²) in [6.45, 7) is 0. The summed E-state index contributed by atoms with van der Waals surface area (Å²) in [7, 11) is 2.30. The van der Waals surface area contributed by atoms with Gasteiger partial charge in [0.15, 0.2) is 0 Å². The largest absolute Gasteiger partial charge is 0.276 e. The van der Waals surface area contributed by atoms with Gasteiger partial charge in [0.2, 0.25) is 0 Å². The number of benzene rings is 1. The first-order chi connectivity index (χ1) is 4.43. The van der Waals surface area contributed by atoms with Crippen LogP contribution in [-0.2, 0) is 0 Å². The summed E-state index contributed by atoms with van der Waals surface area (Å²) in [5.41, 5.74) is 1.13. The van der Waals surface area contributed by atoms with E-state index in [-0.39, 0.29) is 0 Å². The minimum atomic E-state index is 1.13. The maximum atomic E-state index is 3.80. The Balaban J connectivity index is 2.85. The van der Waals surface area contributed by atoms with Gasteiger partial charge in [-0.15, -0.1) is 0 Å². The number of rotatable bonds is 1. The van der Waals surface area contributed by atoms with Crippen LogP contribution in [0.3, 0.4) is 0 Å². The average Bonchev–Trinajstić information content (AvgIpc) is 1.91. The van der Waals surface area contributed by atoms with Crippen molar-refractivity contribution < 1.29 is 0 Å². The van der Waals surface area contributed by atoms with Crippen LogP contribution in [0.2, 0.25) is 0 Å². The molecule has 1 nitrogen and oxygen atoms in total. The quantitative estimate of drug-likeness (QED) is 0.414. The highest BCUT2D eigenvalue weighted by atomic mass is 31.0. The topological polar surface area (TPSA) is 12.4 Å². The molecule has 9 heavy (non-hydrogen) atoms. The summed E-state index contributed by atoms with van der Waals surface area (Å²) in [5, 5.41) is 0. The maximum absolute atomic E-state index is 3.80. The lowest BCUT2D eigenvalue weighted by Gasteiger charge is -1.86.